The normalized spacial score (nSPS) is 14.1. The van der Waals surface area contributed by atoms with Gasteiger partial charge in [0.25, 0.3) is 11.8 Å². The summed E-state index contributed by atoms with van der Waals surface area (Å²) >= 11 is 0. The molecule has 6 nitrogen and oxygen atoms in total. The van der Waals surface area contributed by atoms with E-state index >= 15 is 0 Å². The molecule has 1 heterocycles. The highest BCUT2D eigenvalue weighted by Crippen LogP contribution is 2.34. The van der Waals surface area contributed by atoms with Gasteiger partial charge in [0.1, 0.15) is 11.4 Å². The van der Waals surface area contributed by atoms with E-state index in [4.69, 9.17) is 9.47 Å². The predicted octanol–water partition coefficient (Wildman–Crippen LogP) is 3.93. The third-order valence-electron chi connectivity index (χ3n) is 4.95. The number of benzene rings is 2. The Labute approximate surface area is 177 Å². The van der Waals surface area contributed by atoms with Crippen molar-refractivity contribution in [3.63, 3.8) is 0 Å². The first kappa shape index (κ1) is 21.6. The molecule has 0 unspecified atom stereocenters. The molecule has 30 heavy (non-hydrogen) atoms. The van der Waals surface area contributed by atoms with Crippen molar-refractivity contribution >= 4 is 23.1 Å². The second-order valence-corrected chi connectivity index (χ2v) is 7.58. The molecule has 1 N–H and O–H groups in total. The van der Waals surface area contributed by atoms with Gasteiger partial charge in [0, 0.05) is 0 Å². The Balaban J connectivity index is 2.04. The molecule has 2 aromatic rings. The molecule has 0 aliphatic carbocycles. The SMILES string of the molecule is COc1ccccc1NC1=C(c2ccc(C)cc2C)C(=O)N(CCOC(C)C)C1=O. The van der Waals surface area contributed by atoms with Crippen LogP contribution in [0.4, 0.5) is 5.69 Å². The molecule has 0 saturated carbocycles. The minimum absolute atomic E-state index is 0.0238. The Kier molecular flexibility index (Phi) is 6.57. The van der Waals surface area contributed by atoms with Gasteiger partial charge in [-0.15, -0.1) is 0 Å². The molecule has 2 aromatic carbocycles. The fraction of sp³-hybridized carbons (Fsp3) is 0.333. The van der Waals surface area contributed by atoms with Gasteiger partial charge in [-0.2, -0.15) is 0 Å². The zero-order valence-corrected chi connectivity index (χ0v) is 18.1. The van der Waals surface area contributed by atoms with Crippen molar-refractivity contribution < 1.29 is 19.1 Å². The number of nitrogens with one attached hydrogen (secondary N) is 1. The number of para-hydroxylation sites is 2. The average molecular weight is 408 g/mol. The number of aryl methyl sites for hydroxylation is 2. The second kappa shape index (κ2) is 9.13. The highest BCUT2D eigenvalue weighted by atomic mass is 16.5. The minimum atomic E-state index is -0.367. The van der Waals surface area contributed by atoms with Crippen molar-refractivity contribution in [2.45, 2.75) is 33.8 Å². The van der Waals surface area contributed by atoms with Gasteiger partial charge in [0.05, 0.1) is 37.6 Å². The van der Waals surface area contributed by atoms with Gasteiger partial charge in [-0.3, -0.25) is 14.5 Å². The van der Waals surface area contributed by atoms with Crippen LogP contribution in [0.5, 0.6) is 5.75 Å². The largest absolute Gasteiger partial charge is 0.495 e. The van der Waals surface area contributed by atoms with E-state index < -0.39 is 0 Å². The van der Waals surface area contributed by atoms with Gasteiger partial charge in [0.2, 0.25) is 0 Å². The summed E-state index contributed by atoms with van der Waals surface area (Å²) in [6, 6.07) is 13.1. The third-order valence-corrected chi connectivity index (χ3v) is 4.95. The molecule has 0 bridgehead atoms. The first-order chi connectivity index (χ1) is 14.3. The highest BCUT2D eigenvalue weighted by Gasteiger charge is 2.39. The standard InChI is InChI=1S/C24H28N2O4/c1-15(2)30-13-12-26-23(27)21(18-11-10-16(3)14-17(18)4)22(24(26)28)25-19-8-6-7-9-20(19)29-5/h6-11,14-15,25H,12-13H2,1-5H3. The van der Waals surface area contributed by atoms with E-state index in [0.29, 0.717) is 17.0 Å². The molecule has 0 spiro atoms. The van der Waals surface area contributed by atoms with Gasteiger partial charge in [-0.1, -0.05) is 35.9 Å². The molecular weight excluding hydrogens is 380 g/mol. The summed E-state index contributed by atoms with van der Waals surface area (Å²) in [5.41, 5.74) is 4.01. The van der Waals surface area contributed by atoms with Crippen LogP contribution < -0.4 is 10.1 Å². The number of hydrogen-bond donors (Lipinski definition) is 1. The molecule has 2 amide bonds. The van der Waals surface area contributed by atoms with Gasteiger partial charge >= 0.3 is 0 Å². The Morgan fingerprint density at radius 1 is 1.03 bits per heavy atom. The van der Waals surface area contributed by atoms with Crippen LogP contribution >= 0.6 is 0 Å². The zero-order chi connectivity index (χ0) is 21.8. The number of anilines is 1. The summed E-state index contributed by atoms with van der Waals surface area (Å²) in [4.78, 5) is 27.8. The monoisotopic (exact) mass is 408 g/mol. The molecule has 0 saturated heterocycles. The molecule has 0 fully saturated rings. The van der Waals surface area contributed by atoms with E-state index in [1.807, 2.05) is 64.1 Å². The Morgan fingerprint density at radius 2 is 1.77 bits per heavy atom. The number of hydrogen-bond acceptors (Lipinski definition) is 5. The zero-order valence-electron chi connectivity index (χ0n) is 18.1. The van der Waals surface area contributed by atoms with Gasteiger partial charge < -0.3 is 14.8 Å². The lowest BCUT2D eigenvalue weighted by atomic mass is 9.97. The van der Waals surface area contributed by atoms with Crippen molar-refractivity contribution in [3.8, 4) is 5.75 Å². The molecule has 0 atom stereocenters. The number of rotatable bonds is 8. The van der Waals surface area contributed by atoms with Gasteiger partial charge in [-0.05, 0) is 51.0 Å². The molecular formula is C24H28N2O4. The molecule has 3 rings (SSSR count). The summed E-state index contributed by atoms with van der Waals surface area (Å²) in [6.45, 7) is 8.26. The lowest BCUT2D eigenvalue weighted by Gasteiger charge is -2.17. The number of amides is 2. The molecule has 158 valence electrons. The number of carbonyl (C=O) groups excluding carboxylic acids is 2. The Morgan fingerprint density at radius 3 is 2.43 bits per heavy atom. The summed E-state index contributed by atoms with van der Waals surface area (Å²) in [6.07, 6.45) is 0.0238. The van der Waals surface area contributed by atoms with Crippen LogP contribution in [0.25, 0.3) is 5.57 Å². The number of nitrogens with zero attached hydrogens (tertiary/aromatic N) is 1. The topological polar surface area (TPSA) is 67.9 Å². The maximum absolute atomic E-state index is 13.3. The van der Waals surface area contributed by atoms with Crippen LogP contribution in [-0.2, 0) is 14.3 Å². The van der Waals surface area contributed by atoms with Crippen molar-refractivity contribution in [2.75, 3.05) is 25.6 Å². The van der Waals surface area contributed by atoms with E-state index in [1.165, 1.54) is 4.90 Å². The van der Waals surface area contributed by atoms with Crippen molar-refractivity contribution in [2.24, 2.45) is 0 Å². The second-order valence-electron chi connectivity index (χ2n) is 7.58. The number of carbonyl (C=O) groups is 2. The molecule has 0 aromatic heterocycles. The average Bonchev–Trinajstić information content (AvgIpc) is 2.93. The van der Waals surface area contributed by atoms with Crippen LogP contribution in [0.2, 0.25) is 0 Å². The van der Waals surface area contributed by atoms with E-state index in [0.717, 1.165) is 16.7 Å². The number of methoxy groups -OCH3 is 1. The lowest BCUT2D eigenvalue weighted by molar-refractivity contribution is -0.137. The molecule has 1 aliphatic rings. The molecule has 1 aliphatic heterocycles. The number of ether oxygens (including phenoxy) is 2. The maximum atomic E-state index is 13.3. The van der Waals surface area contributed by atoms with Crippen molar-refractivity contribution in [3.05, 3.63) is 64.9 Å². The Bertz CT molecular complexity index is 994. The molecule has 6 heteroatoms. The van der Waals surface area contributed by atoms with Crippen LogP contribution in [0.15, 0.2) is 48.2 Å². The van der Waals surface area contributed by atoms with Crippen LogP contribution in [0.3, 0.4) is 0 Å². The van der Waals surface area contributed by atoms with Crippen molar-refractivity contribution in [1.29, 1.82) is 0 Å². The summed E-state index contributed by atoms with van der Waals surface area (Å²) in [5.74, 6) is -0.100. The van der Waals surface area contributed by atoms with E-state index in [2.05, 4.69) is 5.32 Å². The number of imide groups is 1. The highest BCUT2D eigenvalue weighted by molar-refractivity contribution is 6.36. The Hall–Kier alpha value is -3.12. The summed E-state index contributed by atoms with van der Waals surface area (Å²) < 4.78 is 11.0. The van der Waals surface area contributed by atoms with Crippen LogP contribution in [0, 0.1) is 13.8 Å². The van der Waals surface area contributed by atoms with Gasteiger partial charge in [0.15, 0.2) is 0 Å². The fourth-order valence-corrected chi connectivity index (χ4v) is 3.50. The maximum Gasteiger partial charge on any atom is 0.278 e. The quantitative estimate of drug-likeness (QED) is 0.671. The van der Waals surface area contributed by atoms with E-state index in [9.17, 15) is 9.59 Å². The summed E-state index contributed by atoms with van der Waals surface area (Å²) in [7, 11) is 1.57. The van der Waals surface area contributed by atoms with E-state index in [-0.39, 0.29) is 36.8 Å². The van der Waals surface area contributed by atoms with Crippen LogP contribution in [0.1, 0.15) is 30.5 Å². The van der Waals surface area contributed by atoms with Gasteiger partial charge in [-0.25, -0.2) is 0 Å². The lowest BCUT2D eigenvalue weighted by Crippen LogP contribution is -2.35. The fourth-order valence-electron chi connectivity index (χ4n) is 3.50. The first-order valence-electron chi connectivity index (χ1n) is 10.0. The van der Waals surface area contributed by atoms with E-state index in [1.54, 1.807) is 13.2 Å². The first-order valence-corrected chi connectivity index (χ1v) is 10.0. The smallest absolute Gasteiger partial charge is 0.278 e. The van der Waals surface area contributed by atoms with Crippen LogP contribution in [-0.4, -0.2) is 43.1 Å². The van der Waals surface area contributed by atoms with Crippen molar-refractivity contribution in [1.82, 2.24) is 4.90 Å². The minimum Gasteiger partial charge on any atom is -0.495 e. The predicted molar refractivity (Wildman–Crippen MR) is 117 cm³/mol. The molecule has 0 radical (unpaired) electrons. The third kappa shape index (κ3) is 4.39. The summed E-state index contributed by atoms with van der Waals surface area (Å²) in [5, 5.41) is 3.16.